The standard InChI is InChI=1S/C17H24N2O/c1-12(2)17(7-8-17)11-19-16(20)15-10-18-9-13-5-3-4-6-14(13)15/h3-6,12,15,18H,7-11H2,1-2H3,(H,19,20). The summed E-state index contributed by atoms with van der Waals surface area (Å²) in [5, 5.41) is 6.55. The first-order chi connectivity index (χ1) is 9.62. The van der Waals surface area contributed by atoms with Crippen molar-refractivity contribution in [1.29, 1.82) is 0 Å². The first-order valence-electron chi connectivity index (χ1n) is 7.69. The Hall–Kier alpha value is -1.35. The summed E-state index contributed by atoms with van der Waals surface area (Å²) in [5.74, 6) is 0.791. The number of nitrogens with one attached hydrogen (secondary N) is 2. The predicted molar refractivity (Wildman–Crippen MR) is 80.4 cm³/mol. The first-order valence-corrected chi connectivity index (χ1v) is 7.69. The molecule has 3 nitrogen and oxygen atoms in total. The lowest BCUT2D eigenvalue weighted by Crippen LogP contribution is -2.41. The van der Waals surface area contributed by atoms with E-state index < -0.39 is 0 Å². The van der Waals surface area contributed by atoms with E-state index in [0.29, 0.717) is 11.3 Å². The quantitative estimate of drug-likeness (QED) is 0.884. The number of hydrogen-bond acceptors (Lipinski definition) is 2. The molecule has 1 heterocycles. The third-order valence-corrected chi connectivity index (χ3v) is 5.14. The van der Waals surface area contributed by atoms with Crippen molar-refractivity contribution in [1.82, 2.24) is 10.6 Å². The number of rotatable bonds is 4. The molecule has 1 unspecified atom stereocenters. The molecular weight excluding hydrogens is 248 g/mol. The molecule has 1 aliphatic carbocycles. The summed E-state index contributed by atoms with van der Waals surface area (Å²) in [6, 6.07) is 8.27. The minimum Gasteiger partial charge on any atom is -0.355 e. The van der Waals surface area contributed by atoms with Crippen LogP contribution >= 0.6 is 0 Å². The van der Waals surface area contributed by atoms with Crippen molar-refractivity contribution >= 4 is 5.91 Å². The summed E-state index contributed by atoms with van der Waals surface area (Å²) in [6.07, 6.45) is 2.51. The highest BCUT2D eigenvalue weighted by Gasteiger charge is 2.45. The Balaban J connectivity index is 1.67. The number of amides is 1. The van der Waals surface area contributed by atoms with Crippen molar-refractivity contribution in [3.63, 3.8) is 0 Å². The fourth-order valence-electron chi connectivity index (χ4n) is 3.24. The fourth-order valence-corrected chi connectivity index (χ4v) is 3.24. The number of carbonyl (C=O) groups excluding carboxylic acids is 1. The smallest absolute Gasteiger partial charge is 0.228 e. The Bertz CT molecular complexity index is 505. The van der Waals surface area contributed by atoms with Crippen LogP contribution in [0.25, 0.3) is 0 Å². The summed E-state index contributed by atoms with van der Waals surface area (Å²) in [6.45, 7) is 6.98. The lowest BCUT2D eigenvalue weighted by Gasteiger charge is -2.27. The minimum absolute atomic E-state index is 0.0390. The SMILES string of the molecule is CC(C)C1(CNC(=O)C2CNCc3ccccc32)CC1. The number of hydrogen-bond donors (Lipinski definition) is 2. The highest BCUT2D eigenvalue weighted by atomic mass is 16.1. The van der Waals surface area contributed by atoms with Crippen molar-refractivity contribution in [3.05, 3.63) is 35.4 Å². The average Bonchev–Trinajstić information content (AvgIpc) is 3.25. The second-order valence-corrected chi connectivity index (χ2v) is 6.62. The van der Waals surface area contributed by atoms with Gasteiger partial charge in [-0.3, -0.25) is 4.79 Å². The molecule has 0 saturated heterocycles. The summed E-state index contributed by atoms with van der Waals surface area (Å²) in [5.41, 5.74) is 2.82. The van der Waals surface area contributed by atoms with E-state index in [9.17, 15) is 4.79 Å². The highest BCUT2D eigenvalue weighted by molar-refractivity contribution is 5.84. The molecule has 0 radical (unpaired) electrons. The topological polar surface area (TPSA) is 41.1 Å². The Morgan fingerprint density at radius 3 is 2.85 bits per heavy atom. The van der Waals surface area contributed by atoms with Crippen LogP contribution in [0.5, 0.6) is 0 Å². The maximum absolute atomic E-state index is 12.5. The Kier molecular flexibility index (Phi) is 3.55. The van der Waals surface area contributed by atoms with Gasteiger partial charge in [-0.05, 0) is 35.3 Å². The van der Waals surface area contributed by atoms with Crippen LogP contribution in [0, 0.1) is 11.3 Å². The van der Waals surface area contributed by atoms with Crippen molar-refractivity contribution < 1.29 is 4.79 Å². The molecule has 1 aromatic carbocycles. The predicted octanol–water partition coefficient (Wildman–Crippen LogP) is 2.43. The van der Waals surface area contributed by atoms with E-state index >= 15 is 0 Å². The van der Waals surface area contributed by atoms with E-state index in [2.05, 4.69) is 36.6 Å². The van der Waals surface area contributed by atoms with Gasteiger partial charge < -0.3 is 10.6 Å². The Labute approximate surface area is 121 Å². The molecule has 2 N–H and O–H groups in total. The monoisotopic (exact) mass is 272 g/mol. The zero-order valence-electron chi connectivity index (χ0n) is 12.4. The summed E-state index contributed by atoms with van der Waals surface area (Å²) in [4.78, 5) is 12.5. The van der Waals surface area contributed by atoms with E-state index in [1.807, 2.05) is 12.1 Å². The van der Waals surface area contributed by atoms with Gasteiger partial charge in [-0.25, -0.2) is 0 Å². The molecule has 1 amide bonds. The lowest BCUT2D eigenvalue weighted by molar-refractivity contribution is -0.123. The van der Waals surface area contributed by atoms with Crippen molar-refractivity contribution in [3.8, 4) is 0 Å². The molecular formula is C17H24N2O. The molecule has 108 valence electrons. The second-order valence-electron chi connectivity index (χ2n) is 6.62. The largest absolute Gasteiger partial charge is 0.355 e. The molecule has 1 aromatic rings. The normalized spacial score (nSPS) is 23.2. The zero-order chi connectivity index (χ0) is 14.2. The van der Waals surface area contributed by atoms with E-state index in [0.717, 1.165) is 19.6 Å². The van der Waals surface area contributed by atoms with Crippen LogP contribution < -0.4 is 10.6 Å². The molecule has 3 heteroatoms. The van der Waals surface area contributed by atoms with Crippen molar-refractivity contribution in [2.24, 2.45) is 11.3 Å². The lowest BCUT2D eigenvalue weighted by atomic mass is 9.89. The maximum Gasteiger partial charge on any atom is 0.228 e. The van der Waals surface area contributed by atoms with Crippen molar-refractivity contribution in [2.45, 2.75) is 39.2 Å². The number of benzene rings is 1. The average molecular weight is 272 g/mol. The third kappa shape index (κ3) is 2.47. The van der Waals surface area contributed by atoms with Gasteiger partial charge in [-0.2, -0.15) is 0 Å². The zero-order valence-corrected chi connectivity index (χ0v) is 12.4. The molecule has 1 atom stereocenters. The van der Waals surface area contributed by atoms with Crippen LogP contribution in [0.15, 0.2) is 24.3 Å². The van der Waals surface area contributed by atoms with Crippen molar-refractivity contribution in [2.75, 3.05) is 13.1 Å². The summed E-state index contributed by atoms with van der Waals surface area (Å²) in [7, 11) is 0. The van der Waals surface area contributed by atoms with Gasteiger partial charge in [-0.1, -0.05) is 38.1 Å². The Morgan fingerprint density at radius 1 is 1.40 bits per heavy atom. The highest BCUT2D eigenvalue weighted by Crippen LogP contribution is 2.51. The molecule has 0 spiro atoms. The van der Waals surface area contributed by atoms with Crippen LogP contribution in [0.1, 0.15) is 43.7 Å². The minimum atomic E-state index is -0.0390. The third-order valence-electron chi connectivity index (χ3n) is 5.14. The van der Waals surface area contributed by atoms with Gasteiger partial charge in [0, 0.05) is 19.6 Å². The molecule has 0 aromatic heterocycles. The summed E-state index contributed by atoms with van der Waals surface area (Å²) >= 11 is 0. The van der Waals surface area contributed by atoms with E-state index in [-0.39, 0.29) is 11.8 Å². The van der Waals surface area contributed by atoms with Crippen LogP contribution in [0.3, 0.4) is 0 Å². The fraction of sp³-hybridized carbons (Fsp3) is 0.588. The molecule has 2 aliphatic rings. The van der Waals surface area contributed by atoms with Crippen LogP contribution in [-0.2, 0) is 11.3 Å². The molecule has 0 bridgehead atoms. The molecule has 1 aliphatic heterocycles. The van der Waals surface area contributed by atoms with Gasteiger partial charge in [0.2, 0.25) is 5.91 Å². The molecule has 3 rings (SSSR count). The van der Waals surface area contributed by atoms with E-state index in [1.165, 1.54) is 24.0 Å². The number of carbonyl (C=O) groups is 1. The van der Waals surface area contributed by atoms with Crippen LogP contribution in [0.4, 0.5) is 0 Å². The number of fused-ring (bicyclic) bond motifs is 1. The van der Waals surface area contributed by atoms with Crippen LogP contribution in [0.2, 0.25) is 0 Å². The van der Waals surface area contributed by atoms with Gasteiger partial charge in [-0.15, -0.1) is 0 Å². The Morgan fingerprint density at radius 2 is 2.15 bits per heavy atom. The van der Waals surface area contributed by atoms with Gasteiger partial charge in [0.1, 0.15) is 0 Å². The van der Waals surface area contributed by atoms with Crippen LogP contribution in [-0.4, -0.2) is 19.0 Å². The van der Waals surface area contributed by atoms with Gasteiger partial charge in [0.15, 0.2) is 0 Å². The second kappa shape index (κ2) is 5.21. The van der Waals surface area contributed by atoms with Gasteiger partial charge >= 0.3 is 0 Å². The van der Waals surface area contributed by atoms with Gasteiger partial charge in [0.05, 0.1) is 5.92 Å². The first kappa shape index (κ1) is 13.6. The molecule has 1 fully saturated rings. The maximum atomic E-state index is 12.5. The summed E-state index contributed by atoms with van der Waals surface area (Å²) < 4.78 is 0. The molecule has 20 heavy (non-hydrogen) atoms. The van der Waals surface area contributed by atoms with E-state index in [4.69, 9.17) is 0 Å². The van der Waals surface area contributed by atoms with Gasteiger partial charge in [0.25, 0.3) is 0 Å². The van der Waals surface area contributed by atoms with E-state index in [1.54, 1.807) is 0 Å². The molecule has 1 saturated carbocycles.